The highest BCUT2D eigenvalue weighted by Crippen LogP contribution is 2.00. The second kappa shape index (κ2) is 4.61. The molecule has 5 heteroatoms. The third-order valence-electron chi connectivity index (χ3n) is 2.07. The molecule has 0 aromatic carbocycles. The van der Waals surface area contributed by atoms with Crippen LogP contribution in [0.15, 0.2) is 41.6 Å². The van der Waals surface area contributed by atoms with Gasteiger partial charge in [-0.2, -0.15) is 5.10 Å². The Bertz CT molecular complexity index is 503. The van der Waals surface area contributed by atoms with E-state index in [0.29, 0.717) is 13.1 Å². The molecule has 0 atom stereocenters. The van der Waals surface area contributed by atoms with Gasteiger partial charge in [0.2, 0.25) is 0 Å². The van der Waals surface area contributed by atoms with Crippen molar-refractivity contribution < 1.29 is 0 Å². The van der Waals surface area contributed by atoms with Crippen LogP contribution in [-0.2, 0) is 13.1 Å². The maximum absolute atomic E-state index is 11.4. The Morgan fingerprint density at radius 3 is 2.87 bits per heavy atom. The number of hydrogen-bond donors (Lipinski definition) is 0. The van der Waals surface area contributed by atoms with Gasteiger partial charge in [0.15, 0.2) is 0 Å². The van der Waals surface area contributed by atoms with Crippen molar-refractivity contribution in [2.75, 3.05) is 0 Å². The summed E-state index contributed by atoms with van der Waals surface area (Å²) in [5.74, 6) is 0. The zero-order chi connectivity index (χ0) is 10.7. The first-order valence-electron chi connectivity index (χ1n) is 4.59. The lowest BCUT2D eigenvalue weighted by molar-refractivity contribution is 0.523. The van der Waals surface area contributed by atoms with E-state index < -0.39 is 0 Å². The third kappa shape index (κ3) is 2.68. The van der Waals surface area contributed by atoms with Crippen LogP contribution in [0.25, 0.3) is 0 Å². The Balaban J connectivity index is 2.05. The molecule has 0 fully saturated rings. The summed E-state index contributed by atoms with van der Waals surface area (Å²) in [5.41, 5.74) is 0.0272. The molecule has 2 aromatic heterocycles. The van der Waals surface area contributed by atoms with Crippen molar-refractivity contribution in [3.05, 3.63) is 50.7 Å². The van der Waals surface area contributed by atoms with Crippen LogP contribution in [0.2, 0.25) is 0 Å². The maximum atomic E-state index is 11.4. The van der Waals surface area contributed by atoms with Gasteiger partial charge in [-0.15, -0.1) is 0 Å². The molecule has 2 rings (SSSR count). The van der Waals surface area contributed by atoms with Crippen LogP contribution in [0, 0.1) is 3.57 Å². The molecule has 78 valence electrons. The molecule has 0 saturated carbocycles. The molecule has 2 heterocycles. The number of aryl methyl sites for hydroxylation is 2. The summed E-state index contributed by atoms with van der Waals surface area (Å²) < 4.78 is 4.61. The van der Waals surface area contributed by atoms with Crippen LogP contribution >= 0.6 is 22.6 Å². The van der Waals surface area contributed by atoms with Crippen molar-refractivity contribution in [1.29, 1.82) is 0 Å². The summed E-state index contributed by atoms with van der Waals surface area (Å²) in [6.07, 6.45) is 5.54. The largest absolute Gasteiger partial charge is 0.314 e. The highest BCUT2D eigenvalue weighted by molar-refractivity contribution is 14.1. The van der Waals surface area contributed by atoms with Crippen molar-refractivity contribution in [3.63, 3.8) is 0 Å². The minimum atomic E-state index is 0.0272. The second-order valence-electron chi connectivity index (χ2n) is 3.15. The van der Waals surface area contributed by atoms with Crippen molar-refractivity contribution in [2.24, 2.45) is 0 Å². The van der Waals surface area contributed by atoms with Gasteiger partial charge in [0.25, 0.3) is 5.56 Å². The highest BCUT2D eigenvalue weighted by atomic mass is 127. The standard InChI is InChI=1S/C10H10IN3O/c11-9-7-12-14(8-9)6-5-13-4-2-1-3-10(13)15/h1-4,7-8H,5-6H2. The van der Waals surface area contributed by atoms with Crippen LogP contribution in [-0.4, -0.2) is 14.3 Å². The Kier molecular flexibility index (Phi) is 3.20. The molecule has 0 aliphatic heterocycles. The van der Waals surface area contributed by atoms with Crippen molar-refractivity contribution in [2.45, 2.75) is 13.1 Å². The molecule has 0 spiro atoms. The van der Waals surface area contributed by atoms with E-state index in [9.17, 15) is 4.79 Å². The Morgan fingerprint density at radius 2 is 2.20 bits per heavy atom. The van der Waals surface area contributed by atoms with Crippen molar-refractivity contribution in [1.82, 2.24) is 14.3 Å². The van der Waals surface area contributed by atoms with Crippen molar-refractivity contribution in [3.8, 4) is 0 Å². The normalized spacial score (nSPS) is 10.5. The van der Waals surface area contributed by atoms with Gasteiger partial charge in [-0.05, 0) is 28.7 Å². The van der Waals surface area contributed by atoms with E-state index in [-0.39, 0.29) is 5.56 Å². The summed E-state index contributed by atoms with van der Waals surface area (Å²) in [7, 11) is 0. The molecule has 0 saturated heterocycles. The van der Waals surface area contributed by atoms with E-state index in [2.05, 4.69) is 27.7 Å². The van der Waals surface area contributed by atoms with Gasteiger partial charge in [-0.25, -0.2) is 0 Å². The molecule has 0 aliphatic rings. The molecule has 0 amide bonds. The summed E-state index contributed by atoms with van der Waals surface area (Å²) >= 11 is 2.21. The quantitative estimate of drug-likeness (QED) is 0.802. The first-order valence-corrected chi connectivity index (χ1v) is 5.67. The summed E-state index contributed by atoms with van der Waals surface area (Å²) in [5, 5.41) is 4.15. The predicted octanol–water partition coefficient (Wildman–Crippen LogP) is 1.35. The van der Waals surface area contributed by atoms with E-state index in [4.69, 9.17) is 0 Å². The molecule has 4 nitrogen and oxygen atoms in total. The molecule has 0 bridgehead atoms. The lowest BCUT2D eigenvalue weighted by Gasteiger charge is -2.04. The van der Waals surface area contributed by atoms with Gasteiger partial charge in [0, 0.05) is 25.0 Å². The van der Waals surface area contributed by atoms with Gasteiger partial charge < -0.3 is 4.57 Å². The first kappa shape index (κ1) is 10.4. The molecule has 0 unspecified atom stereocenters. The van der Waals surface area contributed by atoms with E-state index in [1.165, 1.54) is 0 Å². The van der Waals surface area contributed by atoms with Crippen molar-refractivity contribution >= 4 is 22.6 Å². The van der Waals surface area contributed by atoms with Crippen LogP contribution in [0.5, 0.6) is 0 Å². The van der Waals surface area contributed by atoms with Crippen LogP contribution in [0.3, 0.4) is 0 Å². The van der Waals surface area contributed by atoms with Crippen LogP contribution in [0.4, 0.5) is 0 Å². The molecule has 0 aliphatic carbocycles. The molecule has 2 aromatic rings. The number of aromatic nitrogens is 3. The van der Waals surface area contributed by atoms with Crippen LogP contribution in [0.1, 0.15) is 0 Å². The van der Waals surface area contributed by atoms with Gasteiger partial charge in [-0.3, -0.25) is 9.48 Å². The Hall–Kier alpha value is -1.11. The minimum Gasteiger partial charge on any atom is -0.314 e. The van der Waals surface area contributed by atoms with Crippen LogP contribution < -0.4 is 5.56 Å². The molecule has 15 heavy (non-hydrogen) atoms. The summed E-state index contributed by atoms with van der Waals surface area (Å²) in [6.45, 7) is 1.37. The number of hydrogen-bond acceptors (Lipinski definition) is 2. The topological polar surface area (TPSA) is 39.8 Å². The van der Waals surface area contributed by atoms with Gasteiger partial charge in [0.1, 0.15) is 0 Å². The molecular formula is C10H10IN3O. The number of rotatable bonds is 3. The van der Waals surface area contributed by atoms with Gasteiger partial charge in [-0.1, -0.05) is 6.07 Å². The van der Waals surface area contributed by atoms with E-state index >= 15 is 0 Å². The number of pyridine rings is 1. The number of nitrogens with zero attached hydrogens (tertiary/aromatic N) is 3. The minimum absolute atomic E-state index is 0.0272. The lowest BCUT2D eigenvalue weighted by Crippen LogP contribution is -2.20. The average Bonchev–Trinajstić information content (AvgIpc) is 2.63. The van der Waals surface area contributed by atoms with Gasteiger partial charge in [0.05, 0.1) is 16.3 Å². The third-order valence-corrected chi connectivity index (χ3v) is 2.63. The first-order chi connectivity index (χ1) is 7.25. The smallest absolute Gasteiger partial charge is 0.250 e. The Labute approximate surface area is 101 Å². The highest BCUT2D eigenvalue weighted by Gasteiger charge is 1.96. The fourth-order valence-corrected chi connectivity index (χ4v) is 1.76. The molecular weight excluding hydrogens is 305 g/mol. The van der Waals surface area contributed by atoms with Gasteiger partial charge >= 0.3 is 0 Å². The Morgan fingerprint density at radius 1 is 1.33 bits per heavy atom. The predicted molar refractivity (Wildman–Crippen MR) is 65.6 cm³/mol. The second-order valence-corrected chi connectivity index (χ2v) is 4.40. The summed E-state index contributed by atoms with van der Waals surface area (Å²) in [6, 6.07) is 5.16. The lowest BCUT2D eigenvalue weighted by atomic mass is 10.4. The fraction of sp³-hybridized carbons (Fsp3) is 0.200. The zero-order valence-corrected chi connectivity index (χ0v) is 10.2. The van der Waals surface area contributed by atoms with E-state index in [1.807, 2.05) is 16.9 Å². The molecule has 0 radical (unpaired) electrons. The van der Waals surface area contributed by atoms with E-state index in [0.717, 1.165) is 3.57 Å². The average molecular weight is 315 g/mol. The molecule has 0 N–H and O–H groups in total. The maximum Gasteiger partial charge on any atom is 0.250 e. The number of halogens is 1. The summed E-state index contributed by atoms with van der Waals surface area (Å²) in [4.78, 5) is 11.4. The SMILES string of the molecule is O=c1ccccn1CCn1cc(I)cn1. The fourth-order valence-electron chi connectivity index (χ4n) is 1.32. The van der Waals surface area contributed by atoms with E-state index in [1.54, 1.807) is 29.1 Å². The zero-order valence-electron chi connectivity index (χ0n) is 8.01. The monoisotopic (exact) mass is 315 g/mol.